The van der Waals surface area contributed by atoms with Crippen LogP contribution in [0.5, 0.6) is 11.6 Å². The van der Waals surface area contributed by atoms with Crippen LogP contribution in [-0.4, -0.2) is 41.8 Å². The number of halogens is 2. The van der Waals surface area contributed by atoms with Gasteiger partial charge in [-0.2, -0.15) is 5.10 Å². The monoisotopic (exact) mass is 507 g/mol. The minimum absolute atomic E-state index is 0.0589. The lowest BCUT2D eigenvalue weighted by Crippen LogP contribution is -2.27. The summed E-state index contributed by atoms with van der Waals surface area (Å²) < 4.78 is 43.7. The van der Waals surface area contributed by atoms with Crippen molar-refractivity contribution in [3.63, 3.8) is 0 Å². The van der Waals surface area contributed by atoms with Gasteiger partial charge in [0.1, 0.15) is 11.3 Å². The standard InChI is InChI=1S/C23H23F2N3O6S/c1-11-10-15(18(35-11)23(31)33-5)34-21-16(17(19(24)25)27-28(21)3)20(29)26-12(2)13-6-8-14(9-7-13)22(30)32-4/h6-10,12,19H,1-5H3,(H,26,29)/t12-/m0/s1. The van der Waals surface area contributed by atoms with Crippen LogP contribution in [0, 0.1) is 6.92 Å². The molecule has 0 aliphatic carbocycles. The molecule has 0 saturated carbocycles. The van der Waals surface area contributed by atoms with E-state index >= 15 is 0 Å². The summed E-state index contributed by atoms with van der Waals surface area (Å²) in [5.74, 6) is -2.22. The Morgan fingerprint density at radius 3 is 2.29 bits per heavy atom. The number of nitrogens with one attached hydrogen (secondary N) is 1. The SMILES string of the molecule is COC(=O)c1ccc([C@H](C)NC(=O)c2c(C(F)F)nn(C)c2Oc2cc(C)sc2C(=O)OC)cc1. The van der Waals surface area contributed by atoms with Crippen LogP contribution < -0.4 is 10.1 Å². The second kappa shape index (κ2) is 10.6. The molecule has 1 aromatic carbocycles. The number of methoxy groups -OCH3 is 2. The summed E-state index contributed by atoms with van der Waals surface area (Å²) in [7, 11) is 3.82. The largest absolute Gasteiger partial charge is 0.465 e. The smallest absolute Gasteiger partial charge is 0.351 e. The molecular formula is C23H23F2N3O6S. The van der Waals surface area contributed by atoms with Crippen LogP contribution >= 0.6 is 11.3 Å². The van der Waals surface area contributed by atoms with E-state index in [1.165, 1.54) is 33.4 Å². The normalized spacial score (nSPS) is 11.8. The van der Waals surface area contributed by atoms with E-state index in [0.29, 0.717) is 16.0 Å². The first-order valence-corrected chi connectivity index (χ1v) is 11.1. The maximum Gasteiger partial charge on any atom is 0.351 e. The Bertz CT molecular complexity index is 1250. The van der Waals surface area contributed by atoms with Crippen LogP contribution in [0.3, 0.4) is 0 Å². The first-order chi connectivity index (χ1) is 16.6. The summed E-state index contributed by atoms with van der Waals surface area (Å²) in [5.41, 5.74) is -0.275. The van der Waals surface area contributed by atoms with Gasteiger partial charge in [0.2, 0.25) is 5.88 Å². The highest BCUT2D eigenvalue weighted by Gasteiger charge is 2.31. The maximum atomic E-state index is 13.8. The van der Waals surface area contributed by atoms with E-state index in [0.717, 1.165) is 16.0 Å². The maximum absolute atomic E-state index is 13.8. The van der Waals surface area contributed by atoms with Gasteiger partial charge in [0, 0.05) is 11.9 Å². The number of carbonyl (C=O) groups excluding carboxylic acids is 3. The Morgan fingerprint density at radius 1 is 1.09 bits per heavy atom. The highest BCUT2D eigenvalue weighted by molar-refractivity contribution is 7.14. The molecule has 1 N–H and O–H groups in total. The lowest BCUT2D eigenvalue weighted by molar-refractivity contribution is 0.0593. The topological polar surface area (TPSA) is 109 Å². The first kappa shape index (κ1) is 25.8. The average Bonchev–Trinajstić information content (AvgIpc) is 3.37. The van der Waals surface area contributed by atoms with Gasteiger partial charge < -0.3 is 19.5 Å². The van der Waals surface area contributed by atoms with Gasteiger partial charge >= 0.3 is 11.9 Å². The lowest BCUT2D eigenvalue weighted by atomic mass is 10.1. The van der Waals surface area contributed by atoms with Crippen molar-refractivity contribution in [1.82, 2.24) is 15.1 Å². The van der Waals surface area contributed by atoms with E-state index in [1.807, 2.05) is 0 Å². The molecule has 2 heterocycles. The molecule has 1 atom stereocenters. The van der Waals surface area contributed by atoms with Crippen molar-refractivity contribution in [2.75, 3.05) is 14.2 Å². The van der Waals surface area contributed by atoms with Crippen LogP contribution in [0.4, 0.5) is 8.78 Å². The fraction of sp³-hybridized carbons (Fsp3) is 0.304. The quantitative estimate of drug-likeness (QED) is 0.445. The van der Waals surface area contributed by atoms with Crippen LogP contribution in [0.15, 0.2) is 30.3 Å². The van der Waals surface area contributed by atoms with Gasteiger partial charge in [0.15, 0.2) is 10.6 Å². The van der Waals surface area contributed by atoms with Gasteiger partial charge in [-0.3, -0.25) is 4.79 Å². The molecule has 0 saturated heterocycles. The highest BCUT2D eigenvalue weighted by Crippen LogP contribution is 2.37. The van der Waals surface area contributed by atoms with Gasteiger partial charge in [-0.1, -0.05) is 12.1 Å². The molecule has 0 fully saturated rings. The third-order valence-corrected chi connectivity index (χ3v) is 6.05. The predicted molar refractivity (Wildman–Crippen MR) is 122 cm³/mol. The third kappa shape index (κ3) is 5.48. The van der Waals surface area contributed by atoms with Crippen LogP contribution in [0.25, 0.3) is 0 Å². The van der Waals surface area contributed by atoms with E-state index in [-0.39, 0.29) is 16.5 Å². The fourth-order valence-corrected chi connectivity index (χ4v) is 4.15. The molecule has 0 aliphatic rings. The number of alkyl halides is 2. The highest BCUT2D eigenvalue weighted by atomic mass is 32.1. The summed E-state index contributed by atoms with van der Waals surface area (Å²) in [6.07, 6.45) is -3.06. The minimum atomic E-state index is -3.06. The van der Waals surface area contributed by atoms with Crippen molar-refractivity contribution in [1.29, 1.82) is 0 Å². The zero-order valence-electron chi connectivity index (χ0n) is 19.5. The van der Waals surface area contributed by atoms with Crippen LogP contribution in [0.1, 0.15) is 65.9 Å². The Balaban J connectivity index is 1.93. The van der Waals surface area contributed by atoms with Crippen molar-refractivity contribution >= 4 is 29.2 Å². The predicted octanol–water partition coefficient (Wildman–Crippen LogP) is 4.58. The van der Waals surface area contributed by atoms with Gasteiger partial charge in [0.25, 0.3) is 12.3 Å². The number of esters is 2. The van der Waals surface area contributed by atoms with Crippen molar-refractivity contribution in [2.24, 2.45) is 7.05 Å². The molecular weight excluding hydrogens is 484 g/mol. The van der Waals surface area contributed by atoms with Crippen LogP contribution in [0.2, 0.25) is 0 Å². The number of ether oxygens (including phenoxy) is 3. The number of carbonyl (C=O) groups is 3. The van der Waals surface area contributed by atoms with Crippen molar-refractivity contribution < 1.29 is 37.4 Å². The van der Waals surface area contributed by atoms with Gasteiger partial charge in [-0.15, -0.1) is 11.3 Å². The third-order valence-electron chi connectivity index (χ3n) is 5.03. The number of aryl methyl sites for hydroxylation is 2. The molecule has 3 rings (SSSR count). The molecule has 2 aromatic heterocycles. The summed E-state index contributed by atoms with van der Waals surface area (Å²) >= 11 is 1.10. The average molecular weight is 508 g/mol. The molecule has 35 heavy (non-hydrogen) atoms. The first-order valence-electron chi connectivity index (χ1n) is 10.3. The Kier molecular flexibility index (Phi) is 7.85. The molecule has 0 unspecified atom stereocenters. The Labute approximate surface area is 203 Å². The molecule has 12 heteroatoms. The molecule has 186 valence electrons. The van der Waals surface area contributed by atoms with E-state index in [4.69, 9.17) is 9.47 Å². The Morgan fingerprint density at radius 2 is 1.71 bits per heavy atom. The zero-order chi connectivity index (χ0) is 25.9. The van der Waals surface area contributed by atoms with E-state index < -0.39 is 41.6 Å². The molecule has 0 radical (unpaired) electrons. The van der Waals surface area contributed by atoms with Gasteiger partial charge in [-0.05, 0) is 37.6 Å². The molecule has 1 amide bonds. The van der Waals surface area contributed by atoms with E-state index in [2.05, 4.69) is 15.2 Å². The molecule has 0 bridgehead atoms. The number of rotatable bonds is 8. The zero-order valence-corrected chi connectivity index (χ0v) is 20.4. The summed E-state index contributed by atoms with van der Waals surface area (Å²) in [4.78, 5) is 37.7. The molecule has 9 nitrogen and oxygen atoms in total. The molecule has 0 aliphatic heterocycles. The van der Waals surface area contributed by atoms with E-state index in [1.54, 1.807) is 32.0 Å². The summed E-state index contributed by atoms with van der Waals surface area (Å²) in [6, 6.07) is 7.21. The number of thiophene rings is 1. The second-order valence-electron chi connectivity index (χ2n) is 7.44. The van der Waals surface area contributed by atoms with Crippen molar-refractivity contribution in [3.05, 3.63) is 62.5 Å². The number of nitrogens with zero attached hydrogens (tertiary/aromatic N) is 2. The van der Waals surface area contributed by atoms with Gasteiger partial charge in [0.05, 0.1) is 25.8 Å². The van der Waals surface area contributed by atoms with E-state index in [9.17, 15) is 23.2 Å². The number of aromatic nitrogens is 2. The number of hydrogen-bond acceptors (Lipinski definition) is 8. The van der Waals surface area contributed by atoms with Crippen LogP contribution in [-0.2, 0) is 16.5 Å². The summed E-state index contributed by atoms with van der Waals surface area (Å²) in [6.45, 7) is 3.39. The lowest BCUT2D eigenvalue weighted by Gasteiger charge is -2.16. The van der Waals surface area contributed by atoms with Crippen molar-refractivity contribution in [2.45, 2.75) is 26.3 Å². The minimum Gasteiger partial charge on any atom is -0.465 e. The van der Waals surface area contributed by atoms with Crippen molar-refractivity contribution in [3.8, 4) is 11.6 Å². The van der Waals surface area contributed by atoms with Gasteiger partial charge in [-0.25, -0.2) is 23.1 Å². The fourth-order valence-electron chi connectivity index (χ4n) is 3.30. The molecule has 0 spiro atoms. The number of hydrogen-bond donors (Lipinski definition) is 1. The number of benzene rings is 1. The summed E-state index contributed by atoms with van der Waals surface area (Å²) in [5, 5.41) is 6.42. The Hall–Kier alpha value is -3.80. The number of amides is 1. The second-order valence-corrected chi connectivity index (χ2v) is 8.70. The molecule has 3 aromatic rings.